The highest BCUT2D eigenvalue weighted by atomic mass is 31.0. The van der Waals surface area contributed by atoms with Gasteiger partial charge >= 0.3 is 0 Å². The van der Waals surface area contributed by atoms with E-state index in [0.717, 1.165) is 13.0 Å². The molecule has 13 heavy (non-hydrogen) atoms. The molecule has 0 aromatic carbocycles. The number of aliphatic hydroxyl groups is 1. The first kappa shape index (κ1) is 11.0. The molecule has 1 rings (SSSR count). The molecule has 0 bridgehead atoms. The van der Waals surface area contributed by atoms with Crippen LogP contribution >= 0.6 is 9.39 Å². The topological polar surface area (TPSA) is 52.6 Å². The average Bonchev–Trinajstić information content (AvgIpc) is 2.11. The molecule has 1 fully saturated rings. The van der Waals surface area contributed by atoms with Crippen molar-refractivity contribution in [3.63, 3.8) is 0 Å². The first-order valence-electron chi connectivity index (χ1n) is 4.60. The number of nitrogens with zero attached hydrogens (tertiary/aromatic N) is 1. The highest BCUT2D eigenvalue weighted by Gasteiger charge is 2.26. The number of amides is 1. The van der Waals surface area contributed by atoms with Crippen LogP contribution in [-0.4, -0.2) is 48.8 Å². The van der Waals surface area contributed by atoms with Gasteiger partial charge in [-0.05, 0) is 12.7 Å². The lowest BCUT2D eigenvalue weighted by molar-refractivity contribution is -0.120. The first-order valence-corrected chi connectivity index (χ1v) is 5.12. The summed E-state index contributed by atoms with van der Waals surface area (Å²) >= 11 is 0. The molecule has 3 atom stereocenters. The van der Waals surface area contributed by atoms with Gasteiger partial charge in [-0.25, -0.2) is 0 Å². The smallest absolute Gasteiger partial charge is 0.212 e. The zero-order chi connectivity index (χ0) is 9.84. The van der Waals surface area contributed by atoms with E-state index in [0.29, 0.717) is 12.9 Å². The Kier molecular flexibility index (Phi) is 4.17. The summed E-state index contributed by atoms with van der Waals surface area (Å²) in [6, 6.07) is -0.112. The van der Waals surface area contributed by atoms with E-state index < -0.39 is 6.10 Å². The Hall–Kier alpha value is -0.115. The van der Waals surface area contributed by atoms with Crippen LogP contribution in [0.4, 0.5) is 0 Å². The molecule has 1 aliphatic heterocycles. The largest absolute Gasteiger partial charge is 0.391 e. The molecule has 0 spiro atoms. The third-order valence-corrected chi connectivity index (χ3v) is 2.74. The summed E-state index contributed by atoms with van der Waals surface area (Å²) < 4.78 is 2.04. The summed E-state index contributed by atoms with van der Waals surface area (Å²) in [7, 11) is 4.40. The summed E-state index contributed by atoms with van der Waals surface area (Å²) in [5, 5.41) is 12.4. The van der Waals surface area contributed by atoms with Crippen molar-refractivity contribution in [2.24, 2.45) is 0 Å². The fourth-order valence-electron chi connectivity index (χ4n) is 1.42. The minimum atomic E-state index is -0.396. The summed E-state index contributed by atoms with van der Waals surface area (Å²) in [4.78, 5) is 11.1. The van der Waals surface area contributed by atoms with Crippen molar-refractivity contribution in [1.29, 1.82) is 0 Å². The highest BCUT2D eigenvalue weighted by Crippen LogP contribution is 2.14. The molecule has 3 unspecified atom stereocenters. The summed E-state index contributed by atoms with van der Waals surface area (Å²) in [6.45, 7) is 1.57. The van der Waals surface area contributed by atoms with Crippen LogP contribution < -0.4 is 5.32 Å². The molecule has 2 N–H and O–H groups in total. The van der Waals surface area contributed by atoms with Gasteiger partial charge in [0.05, 0.1) is 12.1 Å². The molecular weight excluding hydrogens is 186 g/mol. The van der Waals surface area contributed by atoms with Crippen LogP contribution in [0.25, 0.3) is 0 Å². The normalized spacial score (nSPS) is 30.0. The molecule has 0 aliphatic carbocycles. The Morgan fingerprint density at radius 1 is 1.77 bits per heavy atom. The molecule has 1 saturated heterocycles. The maximum Gasteiger partial charge on any atom is 0.212 e. The Labute approximate surface area is 81.7 Å². The first-order chi connectivity index (χ1) is 6.13. The van der Waals surface area contributed by atoms with Crippen LogP contribution in [0.3, 0.4) is 0 Å². The fraction of sp³-hybridized carbons (Fsp3) is 0.857. The van der Waals surface area contributed by atoms with Crippen molar-refractivity contribution in [1.82, 2.24) is 9.99 Å². The molecule has 1 amide bonds. The van der Waals surface area contributed by atoms with E-state index in [4.69, 9.17) is 0 Å². The van der Waals surface area contributed by atoms with E-state index in [1.807, 2.05) is 12.5 Å². The van der Waals surface area contributed by atoms with Gasteiger partial charge in [0, 0.05) is 13.1 Å². The number of aliphatic hydroxyl groups excluding tert-OH is 1. The van der Waals surface area contributed by atoms with E-state index in [2.05, 4.69) is 14.7 Å². The van der Waals surface area contributed by atoms with Gasteiger partial charge in [0.25, 0.3) is 0 Å². The van der Waals surface area contributed by atoms with Crippen LogP contribution in [0.15, 0.2) is 0 Å². The number of carbonyl (C=O) groups excluding carboxylic acids is 1. The standard InChI is InChI=1S/C7H16BN2O2P/c8-3-7(12)9-5-4-10(13)2-1-6(5)11/h5-6,11H,1-4,8,13H2,(H,9,12). The highest BCUT2D eigenvalue weighted by molar-refractivity contribution is 7.13. The van der Waals surface area contributed by atoms with Crippen molar-refractivity contribution in [3.05, 3.63) is 0 Å². The van der Waals surface area contributed by atoms with Gasteiger partial charge in [0.15, 0.2) is 0 Å². The number of rotatable bonds is 2. The molecule has 1 heterocycles. The van der Waals surface area contributed by atoms with Gasteiger partial charge in [0.1, 0.15) is 7.85 Å². The lowest BCUT2D eigenvalue weighted by Crippen LogP contribution is -2.52. The van der Waals surface area contributed by atoms with Crippen molar-refractivity contribution in [3.8, 4) is 0 Å². The second kappa shape index (κ2) is 4.94. The summed E-state index contributed by atoms with van der Waals surface area (Å²) in [5.41, 5.74) is 0. The quantitative estimate of drug-likeness (QED) is 0.418. The zero-order valence-electron chi connectivity index (χ0n) is 7.86. The Morgan fingerprint density at radius 2 is 2.46 bits per heavy atom. The van der Waals surface area contributed by atoms with Crippen molar-refractivity contribution < 1.29 is 9.90 Å². The number of hydrogen-bond acceptors (Lipinski definition) is 3. The van der Waals surface area contributed by atoms with Crippen LogP contribution in [0.2, 0.25) is 6.32 Å². The fourth-order valence-corrected chi connectivity index (χ4v) is 1.79. The van der Waals surface area contributed by atoms with Gasteiger partial charge in [0.2, 0.25) is 5.91 Å². The number of hydrogen-bond donors (Lipinski definition) is 2. The molecule has 6 heteroatoms. The van der Waals surface area contributed by atoms with Gasteiger partial charge in [-0.15, -0.1) is 0 Å². The van der Waals surface area contributed by atoms with E-state index in [-0.39, 0.29) is 11.9 Å². The molecule has 0 aromatic heterocycles. The molecule has 0 saturated carbocycles. The summed E-state index contributed by atoms with van der Waals surface area (Å²) in [5.74, 6) is 0.00403. The van der Waals surface area contributed by atoms with Crippen LogP contribution in [0.1, 0.15) is 6.42 Å². The van der Waals surface area contributed by atoms with E-state index in [1.54, 1.807) is 0 Å². The number of carbonyl (C=O) groups is 1. The van der Waals surface area contributed by atoms with Gasteiger partial charge < -0.3 is 10.4 Å². The van der Waals surface area contributed by atoms with Crippen LogP contribution in [-0.2, 0) is 4.79 Å². The monoisotopic (exact) mass is 202 g/mol. The van der Waals surface area contributed by atoms with Gasteiger partial charge in [-0.1, -0.05) is 9.39 Å². The van der Waals surface area contributed by atoms with Crippen molar-refractivity contribution >= 4 is 23.1 Å². The Bertz CT molecular complexity index is 193. The van der Waals surface area contributed by atoms with E-state index in [1.165, 1.54) is 0 Å². The third-order valence-electron chi connectivity index (χ3n) is 2.28. The Balaban J connectivity index is 2.41. The predicted molar refractivity (Wildman–Crippen MR) is 57.2 cm³/mol. The molecule has 0 radical (unpaired) electrons. The Morgan fingerprint density at radius 3 is 3.08 bits per heavy atom. The second-order valence-electron chi connectivity index (χ2n) is 3.38. The van der Waals surface area contributed by atoms with E-state index >= 15 is 0 Å². The summed E-state index contributed by atoms with van der Waals surface area (Å²) in [6.07, 6.45) is 0.797. The maximum atomic E-state index is 11.1. The number of piperidine rings is 1. The predicted octanol–water partition coefficient (Wildman–Crippen LogP) is -1.62. The molecular formula is C7H16BN2O2P. The molecule has 1 aliphatic rings. The molecule has 74 valence electrons. The van der Waals surface area contributed by atoms with Gasteiger partial charge in [-0.2, -0.15) is 0 Å². The van der Waals surface area contributed by atoms with E-state index in [9.17, 15) is 9.90 Å². The maximum absolute atomic E-state index is 11.1. The molecule has 4 nitrogen and oxygen atoms in total. The second-order valence-corrected chi connectivity index (χ2v) is 4.11. The lowest BCUT2D eigenvalue weighted by atomic mass is 10.0. The minimum Gasteiger partial charge on any atom is -0.391 e. The van der Waals surface area contributed by atoms with Crippen molar-refractivity contribution in [2.45, 2.75) is 24.9 Å². The van der Waals surface area contributed by atoms with Crippen LogP contribution in [0.5, 0.6) is 0 Å². The third kappa shape index (κ3) is 3.26. The van der Waals surface area contributed by atoms with Gasteiger partial charge in [-0.3, -0.25) is 9.46 Å². The average molecular weight is 202 g/mol. The molecule has 0 aromatic rings. The zero-order valence-corrected chi connectivity index (χ0v) is 9.02. The SMILES string of the molecule is BCC(=O)NC1CN(P)CCC1O. The minimum absolute atomic E-state index is 0.00403. The van der Waals surface area contributed by atoms with Crippen LogP contribution in [0, 0.1) is 0 Å². The van der Waals surface area contributed by atoms with Crippen molar-refractivity contribution in [2.75, 3.05) is 13.1 Å². The number of nitrogens with one attached hydrogen (secondary N) is 1. The lowest BCUT2D eigenvalue weighted by Gasteiger charge is -2.34.